The Kier molecular flexibility index (Phi) is 8.00. The molecule has 1 saturated heterocycles. The Hall–Kier alpha value is -0.710. The molecule has 1 N–H and O–H groups in total. The minimum atomic E-state index is 0.790. The van der Waals surface area contributed by atoms with Crippen molar-refractivity contribution in [3.63, 3.8) is 0 Å². The van der Waals surface area contributed by atoms with Crippen molar-refractivity contribution in [2.24, 2.45) is 0 Å². The summed E-state index contributed by atoms with van der Waals surface area (Å²) < 4.78 is 5.86. The molecule has 0 radical (unpaired) electrons. The SMILES string of the molecule is CCCNCc1ccc(OCCN2CCCSCC2)cc1. The van der Waals surface area contributed by atoms with Gasteiger partial charge in [-0.3, -0.25) is 4.90 Å². The van der Waals surface area contributed by atoms with Gasteiger partial charge in [0.25, 0.3) is 0 Å². The van der Waals surface area contributed by atoms with E-state index in [0.717, 1.165) is 32.0 Å². The maximum Gasteiger partial charge on any atom is 0.119 e. The summed E-state index contributed by atoms with van der Waals surface area (Å²) in [6.07, 6.45) is 2.49. The van der Waals surface area contributed by atoms with Gasteiger partial charge in [0.1, 0.15) is 12.4 Å². The van der Waals surface area contributed by atoms with Crippen molar-refractivity contribution < 1.29 is 4.74 Å². The van der Waals surface area contributed by atoms with E-state index < -0.39 is 0 Å². The van der Waals surface area contributed by atoms with Crippen LogP contribution < -0.4 is 10.1 Å². The molecular weight excluding hydrogens is 280 g/mol. The molecule has 0 unspecified atom stereocenters. The van der Waals surface area contributed by atoms with Crippen LogP contribution in [0.3, 0.4) is 0 Å². The molecule has 1 heterocycles. The van der Waals surface area contributed by atoms with Crippen LogP contribution in [-0.2, 0) is 6.54 Å². The Morgan fingerprint density at radius 3 is 2.86 bits per heavy atom. The van der Waals surface area contributed by atoms with E-state index in [2.05, 4.69) is 53.2 Å². The van der Waals surface area contributed by atoms with Gasteiger partial charge in [0.2, 0.25) is 0 Å². The number of hydrogen-bond donors (Lipinski definition) is 1. The summed E-state index contributed by atoms with van der Waals surface area (Å²) in [5.74, 6) is 3.56. The third-order valence-corrected chi connectivity index (χ3v) is 4.72. The van der Waals surface area contributed by atoms with Crippen molar-refractivity contribution in [1.82, 2.24) is 10.2 Å². The maximum atomic E-state index is 5.86. The molecule has 1 aliphatic rings. The summed E-state index contributed by atoms with van der Waals surface area (Å²) in [5, 5.41) is 3.41. The highest BCUT2D eigenvalue weighted by Gasteiger charge is 2.08. The van der Waals surface area contributed by atoms with Crippen molar-refractivity contribution in [1.29, 1.82) is 0 Å². The standard InChI is InChI=1S/C17H28N2OS/c1-2-8-18-15-16-4-6-17(7-5-16)20-12-10-19-9-3-13-21-14-11-19/h4-7,18H,2-3,8-15H2,1H3. The summed E-state index contributed by atoms with van der Waals surface area (Å²) in [6.45, 7) is 8.46. The van der Waals surface area contributed by atoms with E-state index in [4.69, 9.17) is 4.74 Å². The molecule has 1 fully saturated rings. The summed E-state index contributed by atoms with van der Waals surface area (Å²) in [4.78, 5) is 2.52. The smallest absolute Gasteiger partial charge is 0.119 e. The molecule has 0 spiro atoms. The zero-order valence-corrected chi connectivity index (χ0v) is 14.0. The highest BCUT2D eigenvalue weighted by Crippen LogP contribution is 2.13. The van der Waals surface area contributed by atoms with Crippen LogP contribution in [0.1, 0.15) is 25.3 Å². The molecule has 21 heavy (non-hydrogen) atoms. The Labute approximate surface area is 133 Å². The molecule has 0 amide bonds. The number of ether oxygens (including phenoxy) is 1. The lowest BCUT2D eigenvalue weighted by Crippen LogP contribution is -2.30. The maximum absolute atomic E-state index is 5.86. The first kappa shape index (κ1) is 16.7. The van der Waals surface area contributed by atoms with Gasteiger partial charge < -0.3 is 10.1 Å². The van der Waals surface area contributed by atoms with Crippen molar-refractivity contribution >= 4 is 11.8 Å². The molecular formula is C17H28N2OS. The van der Waals surface area contributed by atoms with Crippen molar-refractivity contribution in [2.45, 2.75) is 26.3 Å². The van der Waals surface area contributed by atoms with E-state index in [9.17, 15) is 0 Å². The lowest BCUT2D eigenvalue weighted by molar-refractivity contribution is 0.219. The normalized spacial score (nSPS) is 16.6. The van der Waals surface area contributed by atoms with E-state index in [1.807, 2.05) is 0 Å². The van der Waals surface area contributed by atoms with Gasteiger partial charge in [0.05, 0.1) is 0 Å². The fraction of sp³-hybridized carbons (Fsp3) is 0.647. The van der Waals surface area contributed by atoms with Crippen LogP contribution >= 0.6 is 11.8 Å². The lowest BCUT2D eigenvalue weighted by Gasteiger charge is -2.19. The quantitative estimate of drug-likeness (QED) is 0.746. The molecule has 1 aromatic carbocycles. The zero-order valence-electron chi connectivity index (χ0n) is 13.1. The van der Waals surface area contributed by atoms with Gasteiger partial charge >= 0.3 is 0 Å². The average molecular weight is 308 g/mol. The monoisotopic (exact) mass is 308 g/mol. The van der Waals surface area contributed by atoms with Crippen LogP contribution in [0.25, 0.3) is 0 Å². The van der Waals surface area contributed by atoms with E-state index in [0.29, 0.717) is 0 Å². The van der Waals surface area contributed by atoms with Gasteiger partial charge in [-0.15, -0.1) is 0 Å². The minimum Gasteiger partial charge on any atom is -0.492 e. The second-order valence-corrected chi connectivity index (χ2v) is 6.70. The van der Waals surface area contributed by atoms with Crippen molar-refractivity contribution in [2.75, 3.05) is 44.3 Å². The molecule has 0 bridgehead atoms. The van der Waals surface area contributed by atoms with E-state index in [-0.39, 0.29) is 0 Å². The van der Waals surface area contributed by atoms with E-state index in [1.54, 1.807) is 0 Å². The average Bonchev–Trinajstić information content (AvgIpc) is 2.78. The fourth-order valence-corrected chi connectivity index (χ4v) is 3.35. The Bertz CT molecular complexity index is 375. The molecule has 4 heteroatoms. The lowest BCUT2D eigenvalue weighted by atomic mass is 10.2. The predicted octanol–water partition coefficient (Wildman–Crippen LogP) is 3.00. The molecule has 2 rings (SSSR count). The number of thioether (sulfide) groups is 1. The Morgan fingerprint density at radius 2 is 2.05 bits per heavy atom. The first-order valence-electron chi connectivity index (χ1n) is 8.11. The number of rotatable bonds is 8. The Morgan fingerprint density at radius 1 is 1.19 bits per heavy atom. The first-order valence-corrected chi connectivity index (χ1v) is 9.26. The fourth-order valence-electron chi connectivity index (χ4n) is 2.43. The molecule has 118 valence electrons. The van der Waals surface area contributed by atoms with Crippen LogP contribution in [0.5, 0.6) is 5.75 Å². The van der Waals surface area contributed by atoms with Gasteiger partial charge in [-0.25, -0.2) is 0 Å². The zero-order chi connectivity index (χ0) is 14.8. The van der Waals surface area contributed by atoms with Crippen LogP contribution in [-0.4, -0.2) is 49.2 Å². The summed E-state index contributed by atoms with van der Waals surface area (Å²) in [5.41, 5.74) is 1.32. The van der Waals surface area contributed by atoms with Gasteiger partial charge in [-0.2, -0.15) is 11.8 Å². The third kappa shape index (κ3) is 6.72. The number of benzene rings is 1. The van der Waals surface area contributed by atoms with Gasteiger partial charge in [-0.05, 0) is 49.4 Å². The minimum absolute atomic E-state index is 0.790. The van der Waals surface area contributed by atoms with Crippen molar-refractivity contribution in [3.05, 3.63) is 29.8 Å². The molecule has 0 atom stereocenters. The van der Waals surface area contributed by atoms with Crippen LogP contribution in [0.4, 0.5) is 0 Å². The van der Waals surface area contributed by atoms with Gasteiger partial charge in [-0.1, -0.05) is 19.1 Å². The predicted molar refractivity (Wildman–Crippen MR) is 92.3 cm³/mol. The summed E-state index contributed by atoms with van der Waals surface area (Å²) in [6, 6.07) is 8.48. The summed E-state index contributed by atoms with van der Waals surface area (Å²) in [7, 11) is 0. The third-order valence-electron chi connectivity index (χ3n) is 3.67. The highest BCUT2D eigenvalue weighted by atomic mass is 32.2. The van der Waals surface area contributed by atoms with Crippen LogP contribution in [0.15, 0.2) is 24.3 Å². The van der Waals surface area contributed by atoms with Crippen molar-refractivity contribution in [3.8, 4) is 5.75 Å². The summed E-state index contributed by atoms with van der Waals surface area (Å²) >= 11 is 2.07. The van der Waals surface area contributed by atoms with Gasteiger partial charge in [0.15, 0.2) is 0 Å². The van der Waals surface area contributed by atoms with E-state index >= 15 is 0 Å². The number of nitrogens with zero attached hydrogens (tertiary/aromatic N) is 1. The Balaban J connectivity index is 1.65. The van der Waals surface area contributed by atoms with Crippen LogP contribution in [0, 0.1) is 0 Å². The van der Waals surface area contributed by atoms with Gasteiger partial charge in [0, 0.05) is 25.4 Å². The molecule has 0 aromatic heterocycles. The molecule has 1 aromatic rings. The molecule has 0 saturated carbocycles. The molecule has 1 aliphatic heterocycles. The second kappa shape index (κ2) is 10.1. The number of nitrogens with one attached hydrogen (secondary N) is 1. The second-order valence-electron chi connectivity index (χ2n) is 5.48. The number of hydrogen-bond acceptors (Lipinski definition) is 4. The molecule has 3 nitrogen and oxygen atoms in total. The topological polar surface area (TPSA) is 24.5 Å². The van der Waals surface area contributed by atoms with E-state index in [1.165, 1.54) is 43.0 Å². The van der Waals surface area contributed by atoms with Crippen LogP contribution in [0.2, 0.25) is 0 Å². The highest BCUT2D eigenvalue weighted by molar-refractivity contribution is 7.99. The molecule has 0 aliphatic carbocycles. The largest absolute Gasteiger partial charge is 0.492 e. The first-order chi connectivity index (χ1) is 10.4.